The minimum Gasteiger partial charge on any atom is -0.345 e. The van der Waals surface area contributed by atoms with E-state index < -0.39 is 0 Å². The minimum atomic E-state index is 0.124. The van der Waals surface area contributed by atoms with E-state index >= 15 is 0 Å². The van der Waals surface area contributed by atoms with Gasteiger partial charge in [0.1, 0.15) is 5.82 Å². The van der Waals surface area contributed by atoms with Crippen molar-refractivity contribution < 1.29 is 0 Å². The third-order valence-electron chi connectivity index (χ3n) is 4.69. The molecule has 0 aliphatic heterocycles. The zero-order chi connectivity index (χ0) is 14.6. The van der Waals surface area contributed by atoms with E-state index in [4.69, 9.17) is 0 Å². The van der Waals surface area contributed by atoms with E-state index in [0.29, 0.717) is 11.8 Å². The molecule has 0 radical (unpaired) electrons. The molecule has 110 valence electrons. The fourth-order valence-electron chi connectivity index (χ4n) is 3.08. The van der Waals surface area contributed by atoms with Gasteiger partial charge in [0.25, 0.3) is 0 Å². The lowest BCUT2D eigenvalue weighted by molar-refractivity contribution is 0.197. The van der Waals surface area contributed by atoms with Crippen LogP contribution in [0.2, 0.25) is 0 Å². The molecule has 0 aromatic carbocycles. The van der Waals surface area contributed by atoms with Crippen LogP contribution in [0.4, 0.5) is 0 Å². The van der Waals surface area contributed by atoms with Crippen LogP contribution in [0.25, 0.3) is 0 Å². The smallest absolute Gasteiger partial charge is 0.112 e. The molecule has 0 saturated carbocycles. The number of aromatic amines is 1. The number of nitrogens with zero attached hydrogens (tertiary/aromatic N) is 1. The quantitative estimate of drug-likeness (QED) is 0.713. The van der Waals surface area contributed by atoms with E-state index in [1.165, 1.54) is 25.0 Å². The van der Waals surface area contributed by atoms with Gasteiger partial charge in [-0.05, 0) is 24.2 Å². The van der Waals surface area contributed by atoms with Gasteiger partial charge in [0.15, 0.2) is 0 Å². The normalized spacial score (nSPS) is 15.8. The predicted octanol–water partition coefficient (Wildman–Crippen LogP) is 5.27. The van der Waals surface area contributed by atoms with Crippen molar-refractivity contribution in [3.8, 4) is 0 Å². The number of hydrogen-bond acceptors (Lipinski definition) is 1. The summed E-state index contributed by atoms with van der Waals surface area (Å²) in [6.45, 7) is 16.1. The van der Waals surface area contributed by atoms with Crippen LogP contribution in [0.15, 0.2) is 6.20 Å². The molecular formula is C17H32N2. The van der Waals surface area contributed by atoms with E-state index in [0.717, 1.165) is 11.7 Å². The third kappa shape index (κ3) is 3.61. The standard InChI is InChI=1S/C17H32N2/c1-8-10-14(13(5)9-2)17(6,7)16-18-11-15(19-16)12(3)4/h11-14H,8-10H2,1-7H3,(H,18,19). The Kier molecular flexibility index (Phi) is 5.64. The van der Waals surface area contributed by atoms with E-state index in [1.54, 1.807) is 0 Å². The highest BCUT2D eigenvalue weighted by Gasteiger charge is 2.36. The first-order valence-corrected chi connectivity index (χ1v) is 7.89. The molecule has 1 heterocycles. The van der Waals surface area contributed by atoms with Gasteiger partial charge in [-0.15, -0.1) is 0 Å². The number of hydrogen-bond donors (Lipinski definition) is 1. The molecule has 0 amide bonds. The molecule has 1 rings (SSSR count). The van der Waals surface area contributed by atoms with Gasteiger partial charge < -0.3 is 4.98 Å². The van der Waals surface area contributed by atoms with Crippen LogP contribution in [-0.2, 0) is 5.41 Å². The Balaban J connectivity index is 3.03. The fourth-order valence-corrected chi connectivity index (χ4v) is 3.08. The summed E-state index contributed by atoms with van der Waals surface area (Å²) in [4.78, 5) is 8.23. The van der Waals surface area contributed by atoms with Crippen LogP contribution in [0.3, 0.4) is 0 Å². The van der Waals surface area contributed by atoms with Crippen LogP contribution >= 0.6 is 0 Å². The lowest BCUT2D eigenvalue weighted by atomic mass is 9.69. The zero-order valence-electron chi connectivity index (χ0n) is 13.9. The van der Waals surface area contributed by atoms with E-state index in [2.05, 4.69) is 58.4 Å². The lowest BCUT2D eigenvalue weighted by Crippen LogP contribution is -2.34. The van der Waals surface area contributed by atoms with Crippen molar-refractivity contribution in [2.24, 2.45) is 11.8 Å². The maximum Gasteiger partial charge on any atom is 0.112 e. The molecular weight excluding hydrogens is 232 g/mol. The van der Waals surface area contributed by atoms with Crippen molar-refractivity contribution in [3.05, 3.63) is 17.7 Å². The number of aromatic nitrogens is 2. The van der Waals surface area contributed by atoms with Crippen LogP contribution in [0, 0.1) is 11.8 Å². The molecule has 0 spiro atoms. The van der Waals surface area contributed by atoms with E-state index in [9.17, 15) is 0 Å². The highest BCUT2D eigenvalue weighted by atomic mass is 14.9. The minimum absolute atomic E-state index is 0.124. The van der Waals surface area contributed by atoms with E-state index in [-0.39, 0.29) is 5.41 Å². The summed E-state index contributed by atoms with van der Waals surface area (Å²) in [6.07, 6.45) is 5.78. The van der Waals surface area contributed by atoms with Gasteiger partial charge >= 0.3 is 0 Å². The molecule has 1 aromatic rings. The van der Waals surface area contributed by atoms with Gasteiger partial charge in [-0.25, -0.2) is 4.98 Å². The van der Waals surface area contributed by atoms with Gasteiger partial charge in [-0.1, -0.05) is 61.3 Å². The summed E-state index contributed by atoms with van der Waals surface area (Å²) in [5.74, 6) is 3.11. The average molecular weight is 264 g/mol. The van der Waals surface area contributed by atoms with E-state index in [1.807, 2.05) is 6.20 Å². The maximum atomic E-state index is 4.67. The zero-order valence-corrected chi connectivity index (χ0v) is 13.9. The maximum absolute atomic E-state index is 4.67. The highest BCUT2D eigenvalue weighted by molar-refractivity contribution is 5.14. The largest absolute Gasteiger partial charge is 0.345 e. The second-order valence-corrected chi connectivity index (χ2v) is 6.84. The van der Waals surface area contributed by atoms with Crippen molar-refractivity contribution in [1.29, 1.82) is 0 Å². The molecule has 0 bridgehead atoms. The van der Waals surface area contributed by atoms with Crippen LogP contribution < -0.4 is 0 Å². The Morgan fingerprint density at radius 1 is 1.21 bits per heavy atom. The summed E-state index contributed by atoms with van der Waals surface area (Å²) in [5, 5.41) is 0. The lowest BCUT2D eigenvalue weighted by Gasteiger charge is -2.37. The molecule has 2 atom stereocenters. The summed E-state index contributed by atoms with van der Waals surface area (Å²) in [6, 6.07) is 0. The topological polar surface area (TPSA) is 28.7 Å². The summed E-state index contributed by atoms with van der Waals surface area (Å²) in [7, 11) is 0. The van der Waals surface area contributed by atoms with Crippen molar-refractivity contribution >= 4 is 0 Å². The summed E-state index contributed by atoms with van der Waals surface area (Å²) in [5.41, 5.74) is 1.38. The molecule has 19 heavy (non-hydrogen) atoms. The molecule has 0 saturated heterocycles. The van der Waals surface area contributed by atoms with Crippen LogP contribution in [0.5, 0.6) is 0 Å². The molecule has 1 N–H and O–H groups in total. The molecule has 2 nitrogen and oxygen atoms in total. The molecule has 0 aliphatic carbocycles. The molecule has 1 aromatic heterocycles. The predicted molar refractivity (Wildman–Crippen MR) is 83.6 cm³/mol. The average Bonchev–Trinajstić information content (AvgIpc) is 2.85. The van der Waals surface area contributed by atoms with Crippen molar-refractivity contribution in [2.75, 3.05) is 0 Å². The first-order chi connectivity index (χ1) is 8.84. The molecule has 0 fully saturated rings. The number of imidazole rings is 1. The Morgan fingerprint density at radius 2 is 1.84 bits per heavy atom. The third-order valence-corrected chi connectivity index (χ3v) is 4.69. The Morgan fingerprint density at radius 3 is 2.26 bits per heavy atom. The second kappa shape index (κ2) is 6.58. The number of rotatable bonds is 7. The van der Waals surface area contributed by atoms with Crippen molar-refractivity contribution in [3.63, 3.8) is 0 Å². The Bertz CT molecular complexity index is 376. The summed E-state index contributed by atoms with van der Waals surface area (Å²) < 4.78 is 0. The molecule has 2 unspecified atom stereocenters. The first-order valence-electron chi connectivity index (χ1n) is 7.89. The second-order valence-electron chi connectivity index (χ2n) is 6.84. The summed E-state index contributed by atoms with van der Waals surface area (Å²) >= 11 is 0. The molecule has 0 aliphatic rings. The van der Waals surface area contributed by atoms with Gasteiger partial charge in [0.05, 0.1) is 0 Å². The van der Waals surface area contributed by atoms with Crippen molar-refractivity contribution in [1.82, 2.24) is 9.97 Å². The number of nitrogens with one attached hydrogen (secondary N) is 1. The van der Waals surface area contributed by atoms with Crippen LogP contribution in [-0.4, -0.2) is 9.97 Å². The number of H-pyrrole nitrogens is 1. The fraction of sp³-hybridized carbons (Fsp3) is 0.824. The monoisotopic (exact) mass is 264 g/mol. The highest BCUT2D eigenvalue weighted by Crippen LogP contribution is 2.39. The van der Waals surface area contributed by atoms with Gasteiger partial charge in [0.2, 0.25) is 0 Å². The SMILES string of the molecule is CCCC(C(C)CC)C(C)(C)c1ncc(C(C)C)[nH]1. The van der Waals surface area contributed by atoms with Crippen LogP contribution in [0.1, 0.15) is 85.2 Å². The van der Waals surface area contributed by atoms with Gasteiger partial charge in [0, 0.05) is 17.3 Å². The van der Waals surface area contributed by atoms with Gasteiger partial charge in [-0.2, -0.15) is 0 Å². The van der Waals surface area contributed by atoms with Gasteiger partial charge in [-0.3, -0.25) is 0 Å². The first kappa shape index (κ1) is 16.3. The molecule has 2 heteroatoms. The Hall–Kier alpha value is -0.790. The van der Waals surface area contributed by atoms with Crippen molar-refractivity contribution in [2.45, 2.75) is 79.1 Å². The Labute approximate surface area is 119 Å².